The van der Waals surface area contributed by atoms with Gasteiger partial charge in [0.25, 0.3) is 0 Å². The third-order valence-electron chi connectivity index (χ3n) is 4.44. The van der Waals surface area contributed by atoms with Crippen LogP contribution in [0.1, 0.15) is 109 Å². The second-order valence-electron chi connectivity index (χ2n) is 7.88. The van der Waals surface area contributed by atoms with Crippen molar-refractivity contribution in [3.8, 4) is 0 Å². The maximum Gasteiger partial charge on any atom is 0.416 e. The number of hydrogen-bond donors (Lipinski definition) is 0. The molecule has 0 radical (unpaired) electrons. The molecule has 2 aromatic rings. The van der Waals surface area contributed by atoms with Gasteiger partial charge in [-0.2, -0.15) is 26.3 Å². The molecule has 0 unspecified atom stereocenters. The fraction of sp³-hybridized carbons (Fsp3) is 0.517. The highest BCUT2D eigenvalue weighted by molar-refractivity contribution is 5.91. The number of alkyl halides is 6. The van der Waals surface area contributed by atoms with Gasteiger partial charge in [-0.3, -0.25) is 0 Å². The Morgan fingerprint density at radius 3 is 1.46 bits per heavy atom. The Morgan fingerprint density at radius 2 is 1.11 bits per heavy atom. The molecule has 6 heteroatoms. The molecular formula is C29H42F6. The van der Waals surface area contributed by atoms with Crippen molar-refractivity contribution in [2.45, 2.75) is 100 Å². The largest absolute Gasteiger partial charge is 0.416 e. The Morgan fingerprint density at radius 1 is 0.714 bits per heavy atom. The monoisotopic (exact) mass is 504 g/mol. The van der Waals surface area contributed by atoms with Crippen LogP contribution in [0.5, 0.6) is 0 Å². The van der Waals surface area contributed by atoms with Crippen LogP contribution in [0.4, 0.5) is 26.3 Å². The molecule has 0 heterocycles. The van der Waals surface area contributed by atoms with E-state index in [9.17, 15) is 26.3 Å². The molecule has 200 valence electrons. The number of allylic oxidation sites excluding steroid dienone is 2. The molecule has 0 spiro atoms. The van der Waals surface area contributed by atoms with E-state index < -0.39 is 23.5 Å². The van der Waals surface area contributed by atoms with Gasteiger partial charge in [-0.05, 0) is 66.3 Å². The highest BCUT2D eigenvalue weighted by Crippen LogP contribution is 2.39. The van der Waals surface area contributed by atoms with Crippen molar-refractivity contribution in [1.82, 2.24) is 0 Å². The van der Waals surface area contributed by atoms with Crippen LogP contribution in [0.3, 0.4) is 0 Å². The highest BCUT2D eigenvalue weighted by atomic mass is 19.4. The van der Waals surface area contributed by atoms with Crippen LogP contribution >= 0.6 is 0 Å². The molecule has 0 nitrogen and oxygen atoms in total. The van der Waals surface area contributed by atoms with Crippen LogP contribution in [0.25, 0.3) is 11.1 Å². The quantitative estimate of drug-likeness (QED) is 0.287. The van der Waals surface area contributed by atoms with Gasteiger partial charge in [-0.15, -0.1) is 0 Å². The van der Waals surface area contributed by atoms with Crippen LogP contribution in [-0.4, -0.2) is 0 Å². The minimum Gasteiger partial charge on any atom is -0.166 e. The Labute approximate surface area is 208 Å². The smallest absolute Gasteiger partial charge is 0.166 e. The minimum absolute atomic E-state index is 0.0659. The standard InChI is InChI=1S/C21H20F6.2C3H8.C2H6/c1-4-7-19(18-9-6-5-8-13(18)2)14(3)15-10-16(20(22,23)24)12-17(11-15)21(25,26)27;2*1-3-2;1-2/h5-6,8-12H,4,7H2,1-3H3;2*3H2,1-2H3;1-2H3/b19-14+;;;. The summed E-state index contributed by atoms with van der Waals surface area (Å²) in [7, 11) is 0. The molecule has 0 amide bonds. The second kappa shape index (κ2) is 17.2. The van der Waals surface area contributed by atoms with Crippen LogP contribution in [0.2, 0.25) is 0 Å². The summed E-state index contributed by atoms with van der Waals surface area (Å²) in [6, 6.07) is 9.08. The number of halogens is 6. The summed E-state index contributed by atoms with van der Waals surface area (Å²) in [5.41, 5.74) is 0.264. The molecule has 0 saturated heterocycles. The Kier molecular flexibility index (Phi) is 17.2. The van der Waals surface area contributed by atoms with Gasteiger partial charge in [0.15, 0.2) is 0 Å². The van der Waals surface area contributed by atoms with Crippen LogP contribution in [-0.2, 0) is 12.4 Å². The highest BCUT2D eigenvalue weighted by Gasteiger charge is 2.37. The van der Waals surface area contributed by atoms with Crippen molar-refractivity contribution in [1.29, 1.82) is 0 Å². The first-order valence-corrected chi connectivity index (χ1v) is 12.3. The molecule has 0 saturated carbocycles. The van der Waals surface area contributed by atoms with Crippen molar-refractivity contribution in [3.63, 3.8) is 0 Å². The molecule has 0 aromatic heterocycles. The second-order valence-corrected chi connectivity index (χ2v) is 7.88. The molecular weight excluding hydrogens is 462 g/mol. The van der Waals surface area contributed by atoms with Gasteiger partial charge >= 0.3 is 12.4 Å². The lowest BCUT2D eigenvalue weighted by molar-refractivity contribution is -0.143. The van der Waals surface area contributed by atoms with E-state index in [4.69, 9.17) is 0 Å². The molecule has 0 aliphatic rings. The predicted octanol–water partition coefficient (Wildman–Crippen LogP) is 11.6. The molecule has 0 bridgehead atoms. The Hall–Kier alpha value is -2.24. The molecule has 2 aromatic carbocycles. The van der Waals surface area contributed by atoms with E-state index in [1.54, 1.807) is 13.0 Å². The summed E-state index contributed by atoms with van der Waals surface area (Å²) in [4.78, 5) is 0. The zero-order valence-electron chi connectivity index (χ0n) is 22.6. The molecule has 35 heavy (non-hydrogen) atoms. The van der Waals surface area contributed by atoms with E-state index in [1.807, 2.05) is 45.9 Å². The minimum atomic E-state index is -4.86. The maximum absolute atomic E-state index is 13.2. The molecule has 0 fully saturated rings. The summed E-state index contributed by atoms with van der Waals surface area (Å²) < 4.78 is 78.9. The van der Waals surface area contributed by atoms with Gasteiger partial charge in [0.05, 0.1) is 11.1 Å². The van der Waals surface area contributed by atoms with E-state index in [2.05, 4.69) is 27.7 Å². The van der Waals surface area contributed by atoms with Gasteiger partial charge in [0, 0.05) is 0 Å². The van der Waals surface area contributed by atoms with Gasteiger partial charge in [0.1, 0.15) is 0 Å². The summed E-state index contributed by atoms with van der Waals surface area (Å²) in [5.74, 6) is 0. The van der Waals surface area contributed by atoms with Gasteiger partial charge < -0.3 is 0 Å². The molecule has 0 N–H and O–H groups in total. The Bertz CT molecular complexity index is 839. The number of rotatable bonds is 4. The third-order valence-corrected chi connectivity index (χ3v) is 4.44. The van der Waals surface area contributed by atoms with Gasteiger partial charge in [-0.25, -0.2) is 0 Å². The lowest BCUT2D eigenvalue weighted by Crippen LogP contribution is -2.11. The predicted molar refractivity (Wildman–Crippen MR) is 138 cm³/mol. The van der Waals surface area contributed by atoms with Crippen molar-refractivity contribution in [2.24, 2.45) is 0 Å². The number of benzene rings is 2. The molecule has 0 atom stereocenters. The number of hydrogen-bond acceptors (Lipinski definition) is 0. The van der Waals surface area contributed by atoms with E-state index in [0.29, 0.717) is 18.4 Å². The van der Waals surface area contributed by atoms with Crippen LogP contribution in [0, 0.1) is 6.92 Å². The zero-order valence-corrected chi connectivity index (χ0v) is 22.6. The third kappa shape index (κ3) is 12.3. The first kappa shape index (κ1) is 34.9. The molecule has 2 rings (SSSR count). The summed E-state index contributed by atoms with van der Waals surface area (Å²) in [5, 5.41) is 0. The maximum atomic E-state index is 13.2. The van der Waals surface area contributed by atoms with Crippen LogP contribution < -0.4 is 0 Å². The van der Waals surface area contributed by atoms with Crippen molar-refractivity contribution >= 4 is 11.1 Å². The first-order chi connectivity index (χ1) is 16.3. The zero-order chi connectivity index (χ0) is 27.8. The van der Waals surface area contributed by atoms with E-state index >= 15 is 0 Å². The van der Waals surface area contributed by atoms with Crippen molar-refractivity contribution < 1.29 is 26.3 Å². The van der Waals surface area contributed by atoms with Gasteiger partial charge in [0.2, 0.25) is 0 Å². The summed E-state index contributed by atoms with van der Waals surface area (Å²) >= 11 is 0. The number of aryl methyl sites for hydroxylation is 1. The Balaban J connectivity index is 0. The van der Waals surface area contributed by atoms with E-state index in [0.717, 1.165) is 28.8 Å². The average Bonchev–Trinajstić information content (AvgIpc) is 2.78. The lowest BCUT2D eigenvalue weighted by Gasteiger charge is -2.18. The fourth-order valence-electron chi connectivity index (χ4n) is 3.03. The summed E-state index contributed by atoms with van der Waals surface area (Å²) in [6.45, 7) is 17.9. The molecule has 0 aliphatic carbocycles. The normalized spacial score (nSPS) is 11.6. The molecule has 0 aliphatic heterocycles. The topological polar surface area (TPSA) is 0 Å². The van der Waals surface area contributed by atoms with Crippen molar-refractivity contribution in [3.05, 3.63) is 70.3 Å². The first-order valence-electron chi connectivity index (χ1n) is 12.3. The SMILES string of the molecule is CC.CCC.CCC.CCC/C(=C(/C)c1cc(C(F)(F)F)cc(C(F)(F)F)c1)c1ccccc1C. The summed E-state index contributed by atoms with van der Waals surface area (Å²) in [6.07, 6.45) is -5.95. The van der Waals surface area contributed by atoms with E-state index in [-0.39, 0.29) is 11.6 Å². The van der Waals surface area contributed by atoms with E-state index in [1.165, 1.54) is 12.8 Å². The van der Waals surface area contributed by atoms with Crippen molar-refractivity contribution in [2.75, 3.05) is 0 Å². The van der Waals surface area contributed by atoms with Gasteiger partial charge in [-0.1, -0.05) is 92.0 Å². The average molecular weight is 505 g/mol. The lowest BCUT2D eigenvalue weighted by atomic mass is 9.89. The van der Waals surface area contributed by atoms with Crippen LogP contribution in [0.15, 0.2) is 42.5 Å². The fourth-order valence-corrected chi connectivity index (χ4v) is 3.03.